The van der Waals surface area contributed by atoms with E-state index >= 15 is 0 Å². The van der Waals surface area contributed by atoms with Crippen molar-refractivity contribution < 1.29 is 19.0 Å². The van der Waals surface area contributed by atoms with E-state index in [1.54, 1.807) is 27.4 Å². The van der Waals surface area contributed by atoms with E-state index in [2.05, 4.69) is 22.6 Å². The monoisotopic (exact) mass is 372 g/mol. The van der Waals surface area contributed by atoms with E-state index in [4.69, 9.17) is 14.2 Å². The van der Waals surface area contributed by atoms with Gasteiger partial charge in [-0.05, 0) is 40.8 Å². The van der Waals surface area contributed by atoms with Crippen LogP contribution in [0.2, 0.25) is 0 Å². The van der Waals surface area contributed by atoms with Crippen LogP contribution in [0.5, 0.6) is 17.2 Å². The Bertz CT molecular complexity index is 637. The van der Waals surface area contributed by atoms with Gasteiger partial charge in [0, 0.05) is 19.9 Å². The molecule has 2 aromatic rings. The smallest absolute Gasteiger partial charge is 0.203 e. The number of hydrogen-bond donors (Lipinski definition) is 0. The van der Waals surface area contributed by atoms with Crippen molar-refractivity contribution in [2.24, 2.45) is 0 Å². The summed E-state index contributed by atoms with van der Waals surface area (Å²) in [5, 5.41) is 1.79. The number of rotatable bonds is 4. The highest BCUT2D eigenvalue weighted by atomic mass is 127. The minimum atomic E-state index is 0.524. The third-order valence-electron chi connectivity index (χ3n) is 2.87. The van der Waals surface area contributed by atoms with Crippen LogP contribution in [-0.2, 0) is 0 Å². The van der Waals surface area contributed by atoms with Crippen molar-refractivity contribution in [2.75, 3.05) is 21.3 Å². The van der Waals surface area contributed by atoms with Gasteiger partial charge in [-0.1, -0.05) is 0 Å². The lowest BCUT2D eigenvalue weighted by Gasteiger charge is -2.15. The van der Waals surface area contributed by atoms with Gasteiger partial charge in [-0.2, -0.15) is 0 Å². The zero-order valence-corrected chi connectivity index (χ0v) is 13.0. The van der Waals surface area contributed by atoms with Crippen LogP contribution in [-0.4, -0.2) is 27.6 Å². The van der Waals surface area contributed by atoms with Gasteiger partial charge in [-0.25, -0.2) is 0 Å². The lowest BCUT2D eigenvalue weighted by Crippen LogP contribution is -1.97. The van der Waals surface area contributed by atoms with E-state index < -0.39 is 0 Å². The third kappa shape index (κ3) is 2.34. The number of aldehydes is 1. The molecule has 0 unspecified atom stereocenters. The highest BCUT2D eigenvalue weighted by molar-refractivity contribution is 14.1. The lowest BCUT2D eigenvalue weighted by molar-refractivity contribution is 0.112. The fourth-order valence-corrected chi connectivity index (χ4v) is 2.83. The number of hydrogen-bond acceptors (Lipinski definition) is 4. The van der Waals surface area contributed by atoms with Crippen molar-refractivity contribution >= 4 is 39.6 Å². The fraction of sp³-hybridized carbons (Fsp3) is 0.214. The molecule has 0 aliphatic heterocycles. The topological polar surface area (TPSA) is 44.8 Å². The molecular formula is C14H13IO4. The predicted molar refractivity (Wildman–Crippen MR) is 81.7 cm³/mol. The maximum atomic E-state index is 11.0. The van der Waals surface area contributed by atoms with Gasteiger partial charge in [-0.3, -0.25) is 4.79 Å². The third-order valence-corrected chi connectivity index (χ3v) is 3.76. The summed E-state index contributed by atoms with van der Waals surface area (Å²) < 4.78 is 17.0. The number of halogens is 1. The van der Waals surface area contributed by atoms with Crippen molar-refractivity contribution in [1.82, 2.24) is 0 Å². The summed E-state index contributed by atoms with van der Waals surface area (Å²) >= 11 is 2.19. The molecule has 0 N–H and O–H groups in total. The normalized spacial score (nSPS) is 10.3. The second kappa shape index (κ2) is 5.64. The van der Waals surface area contributed by atoms with Crippen LogP contribution in [0.3, 0.4) is 0 Å². The van der Waals surface area contributed by atoms with Gasteiger partial charge in [0.05, 0.1) is 21.3 Å². The number of carbonyl (C=O) groups excluding carboxylic acids is 1. The van der Waals surface area contributed by atoms with Crippen molar-refractivity contribution in [3.05, 3.63) is 27.3 Å². The van der Waals surface area contributed by atoms with E-state index in [1.165, 1.54) is 0 Å². The Morgan fingerprint density at radius 2 is 1.63 bits per heavy atom. The van der Waals surface area contributed by atoms with E-state index in [1.807, 2.05) is 12.1 Å². The Balaban J connectivity index is 2.92. The molecule has 0 fully saturated rings. The van der Waals surface area contributed by atoms with Gasteiger partial charge in [0.15, 0.2) is 11.5 Å². The molecule has 2 aromatic carbocycles. The van der Waals surface area contributed by atoms with Crippen molar-refractivity contribution in [1.29, 1.82) is 0 Å². The molecule has 0 aliphatic carbocycles. The molecule has 0 heterocycles. The van der Waals surface area contributed by atoms with Gasteiger partial charge in [-0.15, -0.1) is 0 Å². The van der Waals surface area contributed by atoms with Crippen LogP contribution < -0.4 is 14.2 Å². The van der Waals surface area contributed by atoms with E-state index in [0.29, 0.717) is 22.8 Å². The first-order valence-corrected chi connectivity index (χ1v) is 6.61. The minimum Gasteiger partial charge on any atom is -0.493 e. The Labute approximate surface area is 124 Å². The molecule has 19 heavy (non-hydrogen) atoms. The molecule has 5 heteroatoms. The molecule has 0 atom stereocenters. The molecule has 0 aliphatic rings. The average molecular weight is 372 g/mol. The molecular weight excluding hydrogens is 359 g/mol. The maximum absolute atomic E-state index is 11.0. The van der Waals surface area contributed by atoms with Crippen LogP contribution in [0.4, 0.5) is 0 Å². The number of benzene rings is 2. The molecule has 0 spiro atoms. The van der Waals surface area contributed by atoms with Crippen LogP contribution in [0.25, 0.3) is 10.8 Å². The Hall–Kier alpha value is -1.50. The number of methoxy groups -OCH3 is 3. The number of ether oxygens (including phenoxy) is 3. The summed E-state index contributed by atoms with van der Waals surface area (Å²) in [5.41, 5.74) is 0.599. The highest BCUT2D eigenvalue weighted by Crippen LogP contribution is 2.44. The van der Waals surface area contributed by atoms with E-state index in [0.717, 1.165) is 20.6 Å². The van der Waals surface area contributed by atoms with Crippen LogP contribution >= 0.6 is 22.6 Å². The zero-order valence-electron chi connectivity index (χ0n) is 10.8. The minimum absolute atomic E-state index is 0.524. The SMILES string of the molecule is COc1cc2c(I)cc(C=O)cc2c(OC)c1OC. The number of carbonyl (C=O) groups is 1. The van der Waals surface area contributed by atoms with Crippen LogP contribution in [0.1, 0.15) is 10.4 Å². The van der Waals surface area contributed by atoms with Crippen LogP contribution in [0.15, 0.2) is 18.2 Å². The molecule has 0 amide bonds. The van der Waals surface area contributed by atoms with Crippen molar-refractivity contribution in [3.63, 3.8) is 0 Å². The molecule has 2 rings (SSSR count). The Morgan fingerprint density at radius 1 is 0.947 bits per heavy atom. The second-order valence-electron chi connectivity index (χ2n) is 3.86. The van der Waals surface area contributed by atoms with E-state index in [9.17, 15) is 4.79 Å². The Kier molecular flexibility index (Phi) is 4.14. The van der Waals surface area contributed by atoms with Gasteiger partial charge < -0.3 is 14.2 Å². The van der Waals surface area contributed by atoms with Gasteiger partial charge in [0.2, 0.25) is 5.75 Å². The van der Waals surface area contributed by atoms with Crippen LogP contribution in [0, 0.1) is 3.57 Å². The van der Waals surface area contributed by atoms with Gasteiger partial charge in [0.25, 0.3) is 0 Å². The highest BCUT2D eigenvalue weighted by Gasteiger charge is 2.17. The molecule has 4 nitrogen and oxygen atoms in total. The van der Waals surface area contributed by atoms with E-state index in [-0.39, 0.29) is 0 Å². The second-order valence-corrected chi connectivity index (χ2v) is 5.02. The maximum Gasteiger partial charge on any atom is 0.203 e. The first-order chi connectivity index (χ1) is 9.15. The summed E-state index contributed by atoms with van der Waals surface area (Å²) in [5.74, 6) is 1.69. The molecule has 0 bridgehead atoms. The summed E-state index contributed by atoms with van der Waals surface area (Å²) in [4.78, 5) is 11.0. The lowest BCUT2D eigenvalue weighted by atomic mass is 10.1. The first-order valence-electron chi connectivity index (χ1n) is 5.53. The molecule has 0 aromatic heterocycles. The zero-order chi connectivity index (χ0) is 14.0. The van der Waals surface area contributed by atoms with Gasteiger partial charge in [0.1, 0.15) is 6.29 Å². The van der Waals surface area contributed by atoms with Crippen molar-refractivity contribution in [2.45, 2.75) is 0 Å². The van der Waals surface area contributed by atoms with Gasteiger partial charge >= 0.3 is 0 Å². The largest absolute Gasteiger partial charge is 0.493 e. The Morgan fingerprint density at radius 3 is 2.16 bits per heavy atom. The average Bonchev–Trinajstić information content (AvgIpc) is 2.44. The fourth-order valence-electron chi connectivity index (χ4n) is 2.02. The predicted octanol–water partition coefficient (Wildman–Crippen LogP) is 3.28. The standard InChI is InChI=1S/C14H13IO4/c1-17-12-6-9-10(13(18-2)14(12)19-3)4-8(7-16)5-11(9)15/h4-7H,1-3H3. The molecule has 100 valence electrons. The molecule has 0 saturated carbocycles. The summed E-state index contributed by atoms with van der Waals surface area (Å²) in [6.07, 6.45) is 0.817. The number of fused-ring (bicyclic) bond motifs is 1. The molecule has 0 saturated heterocycles. The summed E-state index contributed by atoms with van der Waals surface area (Å²) in [6.45, 7) is 0. The summed E-state index contributed by atoms with van der Waals surface area (Å²) in [6, 6.07) is 5.49. The van der Waals surface area contributed by atoms with Crippen molar-refractivity contribution in [3.8, 4) is 17.2 Å². The quantitative estimate of drug-likeness (QED) is 0.611. The molecule has 0 radical (unpaired) electrons. The first kappa shape index (κ1) is 13.9. The summed E-state index contributed by atoms with van der Waals surface area (Å²) in [7, 11) is 4.70.